The van der Waals surface area contributed by atoms with Crippen molar-refractivity contribution in [2.75, 3.05) is 0 Å². The smallest absolute Gasteiger partial charge is 0.182 e. The molecule has 3 rings (SSSR count). The molecule has 3 nitrogen and oxygen atoms in total. The molecule has 0 aliphatic heterocycles. The summed E-state index contributed by atoms with van der Waals surface area (Å²) < 4.78 is 26.6. The van der Waals surface area contributed by atoms with Crippen molar-refractivity contribution in [3.8, 4) is 0 Å². The Labute approximate surface area is 174 Å². The summed E-state index contributed by atoms with van der Waals surface area (Å²) in [5.41, 5.74) is 2.37. The topological polar surface area (TPSA) is 37.4 Å². The second-order valence-electron chi connectivity index (χ2n) is 7.41. The Balaban J connectivity index is 1.92. The fraction of sp³-hybridized carbons (Fsp3) is 0.280. The minimum atomic E-state index is -3.42. The highest BCUT2D eigenvalue weighted by Gasteiger charge is 2.33. The molecule has 3 aromatic rings. The van der Waals surface area contributed by atoms with E-state index in [0.717, 1.165) is 6.42 Å². The molecule has 0 radical (unpaired) electrons. The lowest BCUT2D eigenvalue weighted by molar-refractivity contribution is 0.169. The summed E-state index contributed by atoms with van der Waals surface area (Å²) in [6.45, 7) is 5.34. The number of sulfone groups is 1. The Morgan fingerprint density at radius 3 is 1.55 bits per heavy atom. The minimum absolute atomic E-state index is 0.0966. The van der Waals surface area contributed by atoms with E-state index in [1.807, 2.05) is 49.4 Å². The second kappa shape index (κ2) is 9.86. The maximum absolute atomic E-state index is 13.3. The van der Waals surface area contributed by atoms with Gasteiger partial charge < -0.3 is 0 Å². The van der Waals surface area contributed by atoms with E-state index in [-0.39, 0.29) is 6.04 Å². The van der Waals surface area contributed by atoms with Crippen LogP contribution in [0.3, 0.4) is 0 Å². The van der Waals surface area contributed by atoms with Crippen LogP contribution < -0.4 is 0 Å². The predicted molar refractivity (Wildman–Crippen MR) is 119 cm³/mol. The third-order valence-electron chi connectivity index (χ3n) is 5.45. The number of nitrogens with zero attached hydrogens (tertiary/aromatic N) is 1. The highest BCUT2D eigenvalue weighted by Crippen LogP contribution is 2.25. The first-order valence-electron chi connectivity index (χ1n) is 10.1. The van der Waals surface area contributed by atoms with Gasteiger partial charge in [-0.05, 0) is 36.6 Å². The van der Waals surface area contributed by atoms with Gasteiger partial charge in [0.15, 0.2) is 9.84 Å². The molecule has 0 N–H and O–H groups in total. The zero-order valence-electron chi connectivity index (χ0n) is 17.1. The second-order valence-corrected chi connectivity index (χ2v) is 9.72. The Kier molecular flexibility index (Phi) is 7.24. The maximum Gasteiger partial charge on any atom is 0.182 e. The molecule has 0 aliphatic rings. The molecule has 0 heterocycles. The van der Waals surface area contributed by atoms with Gasteiger partial charge in [0.2, 0.25) is 0 Å². The summed E-state index contributed by atoms with van der Waals surface area (Å²) in [5, 5.41) is -0.512. The third-order valence-corrected chi connectivity index (χ3v) is 7.67. The van der Waals surface area contributed by atoms with Gasteiger partial charge in [-0.1, -0.05) is 85.8 Å². The SMILES string of the molecule is CC[C@H]([C@@H](C)S(=O)(=O)c1ccccc1)N(Cc1ccccc1)Cc1ccccc1. The van der Waals surface area contributed by atoms with Crippen LogP contribution >= 0.6 is 0 Å². The average molecular weight is 408 g/mol. The molecule has 29 heavy (non-hydrogen) atoms. The first-order valence-corrected chi connectivity index (χ1v) is 11.7. The first-order chi connectivity index (χ1) is 14.0. The van der Waals surface area contributed by atoms with Gasteiger partial charge >= 0.3 is 0 Å². The molecule has 0 bridgehead atoms. The van der Waals surface area contributed by atoms with Crippen molar-refractivity contribution in [1.29, 1.82) is 0 Å². The largest absolute Gasteiger partial charge is 0.291 e. The molecule has 3 aromatic carbocycles. The van der Waals surface area contributed by atoms with E-state index in [1.165, 1.54) is 11.1 Å². The molecular weight excluding hydrogens is 378 g/mol. The van der Waals surface area contributed by atoms with Crippen LogP contribution in [0.5, 0.6) is 0 Å². The van der Waals surface area contributed by atoms with Crippen LogP contribution in [-0.2, 0) is 22.9 Å². The van der Waals surface area contributed by atoms with Gasteiger partial charge in [0.05, 0.1) is 10.1 Å². The van der Waals surface area contributed by atoms with E-state index in [1.54, 1.807) is 24.3 Å². The van der Waals surface area contributed by atoms with Gasteiger partial charge in [-0.3, -0.25) is 4.90 Å². The van der Waals surface area contributed by atoms with Crippen molar-refractivity contribution >= 4 is 9.84 Å². The van der Waals surface area contributed by atoms with Crippen LogP contribution in [0.15, 0.2) is 95.9 Å². The number of hydrogen-bond donors (Lipinski definition) is 0. The Bertz CT molecular complexity index is 932. The van der Waals surface area contributed by atoms with Crippen LogP contribution in [0.25, 0.3) is 0 Å². The van der Waals surface area contributed by atoms with Gasteiger partial charge in [0.25, 0.3) is 0 Å². The van der Waals surface area contributed by atoms with E-state index in [4.69, 9.17) is 0 Å². The molecule has 0 amide bonds. The number of rotatable bonds is 9. The standard InChI is InChI=1S/C25H29NO2S/c1-3-25(21(2)29(27,28)24-17-11-6-12-18-24)26(19-22-13-7-4-8-14-22)20-23-15-9-5-10-16-23/h4-18,21,25H,3,19-20H2,1-2H3/t21-,25-/m1/s1. The Morgan fingerprint density at radius 2 is 1.14 bits per heavy atom. The maximum atomic E-state index is 13.3. The van der Waals surface area contributed by atoms with E-state index in [0.29, 0.717) is 18.0 Å². The molecule has 2 atom stereocenters. The molecular formula is C25H29NO2S. The zero-order valence-corrected chi connectivity index (χ0v) is 17.9. The normalized spacial score (nSPS) is 13.9. The van der Waals surface area contributed by atoms with E-state index >= 15 is 0 Å². The van der Waals surface area contributed by atoms with Gasteiger partial charge in [-0.2, -0.15) is 0 Å². The van der Waals surface area contributed by atoms with Crippen LogP contribution in [0, 0.1) is 0 Å². The average Bonchev–Trinajstić information content (AvgIpc) is 2.76. The molecule has 0 saturated carbocycles. The van der Waals surface area contributed by atoms with Crippen molar-refractivity contribution in [3.05, 3.63) is 102 Å². The number of benzene rings is 3. The number of hydrogen-bond acceptors (Lipinski definition) is 3. The molecule has 0 spiro atoms. The van der Waals surface area contributed by atoms with Crippen molar-refractivity contribution in [3.63, 3.8) is 0 Å². The van der Waals surface area contributed by atoms with Crippen molar-refractivity contribution < 1.29 is 8.42 Å². The molecule has 0 fully saturated rings. The lowest BCUT2D eigenvalue weighted by Crippen LogP contribution is -2.44. The summed E-state index contributed by atoms with van der Waals surface area (Å²) in [6, 6.07) is 29.2. The van der Waals surface area contributed by atoms with Crippen LogP contribution in [0.2, 0.25) is 0 Å². The molecule has 152 valence electrons. The summed E-state index contributed by atoms with van der Waals surface area (Å²) in [4.78, 5) is 2.70. The fourth-order valence-corrected chi connectivity index (χ4v) is 5.59. The highest BCUT2D eigenvalue weighted by atomic mass is 32.2. The molecule has 4 heteroatoms. The lowest BCUT2D eigenvalue weighted by atomic mass is 10.1. The quantitative estimate of drug-likeness (QED) is 0.481. The van der Waals surface area contributed by atoms with Gasteiger partial charge in [0, 0.05) is 19.1 Å². The Morgan fingerprint density at radius 1 is 0.724 bits per heavy atom. The highest BCUT2D eigenvalue weighted by molar-refractivity contribution is 7.92. The van der Waals surface area contributed by atoms with E-state index in [2.05, 4.69) is 36.1 Å². The zero-order chi connectivity index (χ0) is 20.7. The van der Waals surface area contributed by atoms with Crippen molar-refractivity contribution in [2.24, 2.45) is 0 Å². The fourth-order valence-electron chi connectivity index (χ4n) is 3.84. The lowest BCUT2D eigenvalue weighted by Gasteiger charge is -2.35. The molecule has 0 aliphatic carbocycles. The third kappa shape index (κ3) is 5.34. The summed E-state index contributed by atoms with van der Waals surface area (Å²) in [7, 11) is -3.42. The summed E-state index contributed by atoms with van der Waals surface area (Å²) in [5.74, 6) is 0. The first kappa shape index (κ1) is 21.3. The molecule has 0 aromatic heterocycles. The van der Waals surface area contributed by atoms with Gasteiger partial charge in [0.1, 0.15) is 0 Å². The van der Waals surface area contributed by atoms with Crippen molar-refractivity contribution in [2.45, 2.75) is 49.5 Å². The molecule has 0 unspecified atom stereocenters. The van der Waals surface area contributed by atoms with Crippen LogP contribution in [0.4, 0.5) is 0 Å². The summed E-state index contributed by atoms with van der Waals surface area (Å²) in [6.07, 6.45) is 0.757. The monoisotopic (exact) mass is 407 g/mol. The van der Waals surface area contributed by atoms with E-state index in [9.17, 15) is 8.42 Å². The van der Waals surface area contributed by atoms with Crippen molar-refractivity contribution in [1.82, 2.24) is 4.90 Å². The predicted octanol–water partition coefficient (Wildman–Crippen LogP) is 5.33. The van der Waals surface area contributed by atoms with Crippen LogP contribution in [0.1, 0.15) is 31.4 Å². The minimum Gasteiger partial charge on any atom is -0.291 e. The van der Waals surface area contributed by atoms with E-state index < -0.39 is 15.1 Å². The summed E-state index contributed by atoms with van der Waals surface area (Å²) >= 11 is 0. The van der Waals surface area contributed by atoms with Crippen LogP contribution in [-0.4, -0.2) is 24.6 Å². The van der Waals surface area contributed by atoms with Gasteiger partial charge in [-0.15, -0.1) is 0 Å². The molecule has 0 saturated heterocycles. The van der Waals surface area contributed by atoms with Gasteiger partial charge in [-0.25, -0.2) is 8.42 Å². The Hall–Kier alpha value is -2.43.